The molecule has 0 heterocycles. The molecule has 0 spiro atoms. The third kappa shape index (κ3) is 5.63. The van der Waals surface area contributed by atoms with E-state index in [9.17, 15) is 0 Å². The largest absolute Gasteiger partial charge is 0.309 e. The molecule has 8 aromatic carbocycles. The van der Waals surface area contributed by atoms with E-state index in [-0.39, 0.29) is 10.8 Å². The summed E-state index contributed by atoms with van der Waals surface area (Å²) in [5.74, 6) is 0. The van der Waals surface area contributed by atoms with Crippen LogP contribution in [-0.4, -0.2) is 0 Å². The van der Waals surface area contributed by atoms with Crippen molar-refractivity contribution < 1.29 is 0 Å². The molecule has 1 nitrogen and oxygen atoms in total. The Balaban J connectivity index is 1.36. The highest BCUT2D eigenvalue weighted by molar-refractivity contribution is 6.09. The molecule has 262 valence electrons. The van der Waals surface area contributed by atoms with Crippen LogP contribution < -0.4 is 4.90 Å². The Morgan fingerprint density at radius 3 is 1.67 bits per heavy atom. The highest BCUT2D eigenvalue weighted by atomic mass is 15.1. The lowest BCUT2D eigenvalue weighted by Gasteiger charge is -2.33. The monoisotopic (exact) mass is 695 g/mol. The maximum Gasteiger partial charge on any atom is 0.0543 e. The van der Waals surface area contributed by atoms with Crippen LogP contribution in [0.2, 0.25) is 0 Å². The average Bonchev–Trinajstić information content (AvgIpc) is 3.43. The van der Waals surface area contributed by atoms with Gasteiger partial charge in [-0.05, 0) is 90.5 Å². The quantitative estimate of drug-likeness (QED) is 0.167. The van der Waals surface area contributed by atoms with Crippen molar-refractivity contribution in [3.05, 3.63) is 199 Å². The molecule has 0 radical (unpaired) electrons. The van der Waals surface area contributed by atoms with Crippen LogP contribution in [0.1, 0.15) is 51.3 Å². The van der Waals surface area contributed by atoms with Gasteiger partial charge in [-0.1, -0.05) is 192 Å². The predicted molar refractivity (Wildman–Crippen MR) is 231 cm³/mol. The van der Waals surface area contributed by atoms with E-state index in [0.717, 1.165) is 17.1 Å². The number of benzene rings is 8. The van der Waals surface area contributed by atoms with Gasteiger partial charge in [-0.2, -0.15) is 0 Å². The zero-order chi connectivity index (χ0) is 37.0. The van der Waals surface area contributed by atoms with Gasteiger partial charge < -0.3 is 4.90 Å². The molecule has 1 aliphatic rings. The normalized spacial score (nSPS) is 13.1. The molecule has 0 amide bonds. The average molecular weight is 696 g/mol. The van der Waals surface area contributed by atoms with Gasteiger partial charge in [0.1, 0.15) is 0 Å². The molecule has 0 aliphatic heterocycles. The molecule has 0 bridgehead atoms. The molecule has 0 aromatic heterocycles. The Morgan fingerprint density at radius 1 is 0.407 bits per heavy atom. The fraction of sp³-hybridized carbons (Fsp3) is 0.132. The van der Waals surface area contributed by atoms with Crippen molar-refractivity contribution in [3.63, 3.8) is 0 Å². The van der Waals surface area contributed by atoms with Crippen molar-refractivity contribution in [2.75, 3.05) is 4.90 Å². The minimum Gasteiger partial charge on any atom is -0.309 e. The number of anilines is 3. The van der Waals surface area contributed by atoms with Gasteiger partial charge in [0.25, 0.3) is 0 Å². The lowest BCUT2D eigenvalue weighted by atomic mass is 9.82. The summed E-state index contributed by atoms with van der Waals surface area (Å²) in [5, 5.41) is 2.49. The summed E-state index contributed by atoms with van der Waals surface area (Å²) in [5.41, 5.74) is 17.2. The van der Waals surface area contributed by atoms with E-state index < -0.39 is 0 Å². The second-order valence-electron chi connectivity index (χ2n) is 16.2. The minimum absolute atomic E-state index is 0.0447. The number of fused-ring (bicyclic) bond motifs is 4. The van der Waals surface area contributed by atoms with Crippen LogP contribution in [0.5, 0.6) is 0 Å². The van der Waals surface area contributed by atoms with Crippen LogP contribution in [0.15, 0.2) is 182 Å². The molecule has 0 saturated carbocycles. The second-order valence-corrected chi connectivity index (χ2v) is 16.2. The smallest absolute Gasteiger partial charge is 0.0543 e. The van der Waals surface area contributed by atoms with Gasteiger partial charge in [0.2, 0.25) is 0 Å². The molecule has 9 rings (SSSR count). The molecule has 0 atom stereocenters. The Bertz CT molecular complexity index is 2650. The first kappa shape index (κ1) is 33.6. The molecule has 54 heavy (non-hydrogen) atoms. The molecule has 0 fully saturated rings. The number of nitrogens with zero attached hydrogens (tertiary/aromatic N) is 1. The van der Waals surface area contributed by atoms with Crippen molar-refractivity contribution >= 4 is 27.8 Å². The van der Waals surface area contributed by atoms with Crippen LogP contribution in [0.3, 0.4) is 0 Å². The van der Waals surface area contributed by atoms with Crippen LogP contribution >= 0.6 is 0 Å². The van der Waals surface area contributed by atoms with Crippen LogP contribution in [0, 0.1) is 0 Å². The second kappa shape index (κ2) is 13.0. The maximum atomic E-state index is 2.54. The van der Waals surface area contributed by atoms with Gasteiger partial charge in [-0.3, -0.25) is 0 Å². The van der Waals surface area contributed by atoms with Gasteiger partial charge in [-0.25, -0.2) is 0 Å². The SMILES string of the molecule is CC(C)(C)c1ccc(-c2ccccc2)c(N(c2ccc3c(c2)C(C)(C)c2ccccc2-3)c2ccccc2-c2cccc3cccc(-c4ccccc4)c23)c1. The van der Waals surface area contributed by atoms with Crippen LogP contribution in [0.25, 0.3) is 55.3 Å². The van der Waals surface area contributed by atoms with E-state index >= 15 is 0 Å². The highest BCUT2D eigenvalue weighted by Gasteiger charge is 2.36. The number of hydrogen-bond donors (Lipinski definition) is 0. The molecule has 0 unspecified atom stereocenters. The highest BCUT2D eigenvalue weighted by Crippen LogP contribution is 2.53. The summed E-state index contributed by atoms with van der Waals surface area (Å²) in [6, 6.07) is 67.3. The summed E-state index contributed by atoms with van der Waals surface area (Å²) in [7, 11) is 0. The summed E-state index contributed by atoms with van der Waals surface area (Å²) in [4.78, 5) is 2.54. The Labute approximate surface area is 320 Å². The van der Waals surface area contributed by atoms with E-state index in [1.807, 2.05) is 0 Å². The van der Waals surface area contributed by atoms with Crippen molar-refractivity contribution in [2.24, 2.45) is 0 Å². The summed E-state index contributed by atoms with van der Waals surface area (Å²) in [6.45, 7) is 11.7. The third-order valence-corrected chi connectivity index (χ3v) is 11.4. The lowest BCUT2D eigenvalue weighted by molar-refractivity contribution is 0.590. The minimum atomic E-state index is -0.136. The van der Waals surface area contributed by atoms with Gasteiger partial charge in [0, 0.05) is 22.2 Å². The molecule has 0 N–H and O–H groups in total. The first-order valence-corrected chi connectivity index (χ1v) is 19.1. The standard InChI is InChI=1S/C53H45N/c1-52(2,3)39-30-32-41(36-18-8-6-9-19-36)50(34-39)54(40-31-33-44-43-24-12-14-28-47(43)53(4,5)48(44)35-40)49-29-15-13-25-45(49)46-27-17-23-38-22-16-26-42(51(38)46)37-20-10-7-11-21-37/h6-35H,1-5H3. The third-order valence-electron chi connectivity index (χ3n) is 11.4. The van der Waals surface area contributed by atoms with E-state index in [2.05, 4.69) is 222 Å². The molecular formula is C53H45N. The fourth-order valence-electron chi connectivity index (χ4n) is 8.60. The van der Waals surface area contributed by atoms with Gasteiger partial charge in [0.15, 0.2) is 0 Å². The van der Waals surface area contributed by atoms with Crippen molar-refractivity contribution in [1.29, 1.82) is 0 Å². The predicted octanol–water partition coefficient (Wildman–Crippen LogP) is 14.9. The number of rotatable bonds is 6. The summed E-state index contributed by atoms with van der Waals surface area (Å²) < 4.78 is 0. The first-order valence-electron chi connectivity index (χ1n) is 19.1. The van der Waals surface area contributed by atoms with E-state index in [1.165, 1.54) is 72.0 Å². The van der Waals surface area contributed by atoms with Gasteiger partial charge in [-0.15, -0.1) is 0 Å². The Kier molecular flexibility index (Phi) is 8.12. The molecule has 8 aromatic rings. The molecule has 0 saturated heterocycles. The van der Waals surface area contributed by atoms with Crippen LogP contribution in [-0.2, 0) is 10.8 Å². The Hall–Kier alpha value is -6.18. The van der Waals surface area contributed by atoms with Crippen LogP contribution in [0.4, 0.5) is 17.1 Å². The zero-order valence-electron chi connectivity index (χ0n) is 31.8. The van der Waals surface area contributed by atoms with Crippen molar-refractivity contribution in [3.8, 4) is 44.5 Å². The number of para-hydroxylation sites is 1. The first-order chi connectivity index (χ1) is 26.2. The van der Waals surface area contributed by atoms with Gasteiger partial charge >= 0.3 is 0 Å². The van der Waals surface area contributed by atoms with E-state index in [4.69, 9.17) is 0 Å². The number of hydrogen-bond acceptors (Lipinski definition) is 1. The molecule has 1 heteroatoms. The zero-order valence-corrected chi connectivity index (χ0v) is 31.8. The van der Waals surface area contributed by atoms with E-state index in [1.54, 1.807) is 0 Å². The fourth-order valence-corrected chi connectivity index (χ4v) is 8.60. The van der Waals surface area contributed by atoms with E-state index in [0.29, 0.717) is 0 Å². The summed E-state index contributed by atoms with van der Waals surface area (Å²) >= 11 is 0. The van der Waals surface area contributed by atoms with Gasteiger partial charge in [0.05, 0.1) is 11.4 Å². The maximum absolute atomic E-state index is 2.54. The lowest BCUT2D eigenvalue weighted by Crippen LogP contribution is -2.18. The van der Waals surface area contributed by atoms with Crippen molar-refractivity contribution in [1.82, 2.24) is 0 Å². The topological polar surface area (TPSA) is 3.24 Å². The molecule has 1 aliphatic carbocycles. The molecular weight excluding hydrogens is 651 g/mol. The summed E-state index contributed by atoms with van der Waals surface area (Å²) in [6.07, 6.45) is 0. The van der Waals surface area contributed by atoms with Crippen molar-refractivity contribution in [2.45, 2.75) is 45.4 Å². The Morgan fingerprint density at radius 2 is 0.963 bits per heavy atom.